The molecular formula is C13H27ClN2. The van der Waals surface area contributed by atoms with E-state index in [0.29, 0.717) is 0 Å². The van der Waals surface area contributed by atoms with Gasteiger partial charge >= 0.3 is 0 Å². The lowest BCUT2D eigenvalue weighted by Gasteiger charge is -2.34. The Balaban J connectivity index is 2.27. The number of rotatable bonds is 7. The Kier molecular flexibility index (Phi) is 7.42. The molecule has 0 aromatic rings. The number of hydrogen-bond donors (Lipinski definition) is 0. The molecule has 0 saturated heterocycles. The zero-order chi connectivity index (χ0) is 11.8. The average molecular weight is 247 g/mol. The molecule has 1 rings (SSSR count). The Morgan fingerprint density at radius 1 is 1.00 bits per heavy atom. The molecule has 96 valence electrons. The summed E-state index contributed by atoms with van der Waals surface area (Å²) in [7, 11) is 4.29. The van der Waals surface area contributed by atoms with Crippen LogP contribution in [-0.2, 0) is 0 Å². The first-order valence-electron chi connectivity index (χ1n) is 6.69. The van der Waals surface area contributed by atoms with Crippen molar-refractivity contribution in [1.82, 2.24) is 9.80 Å². The van der Waals surface area contributed by atoms with E-state index in [1.165, 1.54) is 51.6 Å². The predicted molar refractivity (Wildman–Crippen MR) is 72.3 cm³/mol. The standard InChI is InChI=1S/C13H27ClN2/c1-15(2)10-6-11-16(12-9-14)13-7-4-3-5-8-13/h13H,3-12H2,1-2H3. The molecule has 0 amide bonds. The van der Waals surface area contributed by atoms with Crippen molar-refractivity contribution in [3.05, 3.63) is 0 Å². The molecule has 0 N–H and O–H groups in total. The van der Waals surface area contributed by atoms with Gasteiger partial charge in [-0.1, -0.05) is 19.3 Å². The molecule has 0 atom stereocenters. The van der Waals surface area contributed by atoms with E-state index >= 15 is 0 Å². The Hall–Kier alpha value is 0.210. The van der Waals surface area contributed by atoms with Crippen LogP contribution in [0.4, 0.5) is 0 Å². The highest BCUT2D eigenvalue weighted by atomic mass is 35.5. The largest absolute Gasteiger partial charge is 0.309 e. The lowest BCUT2D eigenvalue weighted by molar-refractivity contribution is 0.158. The van der Waals surface area contributed by atoms with Gasteiger partial charge in [0, 0.05) is 18.5 Å². The molecule has 1 aliphatic rings. The average Bonchev–Trinajstić information content (AvgIpc) is 2.29. The molecule has 0 aliphatic heterocycles. The van der Waals surface area contributed by atoms with Gasteiger partial charge in [0.2, 0.25) is 0 Å². The normalized spacial score (nSPS) is 18.6. The van der Waals surface area contributed by atoms with Gasteiger partial charge in [-0.2, -0.15) is 0 Å². The summed E-state index contributed by atoms with van der Waals surface area (Å²) < 4.78 is 0. The molecule has 0 bridgehead atoms. The van der Waals surface area contributed by atoms with Gasteiger partial charge < -0.3 is 4.90 Å². The maximum Gasteiger partial charge on any atom is 0.0351 e. The zero-order valence-corrected chi connectivity index (χ0v) is 11.7. The van der Waals surface area contributed by atoms with E-state index in [1.807, 2.05) is 0 Å². The smallest absolute Gasteiger partial charge is 0.0351 e. The van der Waals surface area contributed by atoms with E-state index in [9.17, 15) is 0 Å². The summed E-state index contributed by atoms with van der Waals surface area (Å²) in [4.78, 5) is 4.88. The third kappa shape index (κ3) is 5.51. The zero-order valence-electron chi connectivity index (χ0n) is 10.9. The first-order valence-corrected chi connectivity index (χ1v) is 7.22. The quantitative estimate of drug-likeness (QED) is 0.638. The van der Waals surface area contributed by atoms with Crippen molar-refractivity contribution in [2.24, 2.45) is 0 Å². The van der Waals surface area contributed by atoms with Crippen LogP contribution in [-0.4, -0.2) is 55.5 Å². The van der Waals surface area contributed by atoms with Gasteiger partial charge in [0.1, 0.15) is 0 Å². The molecular weight excluding hydrogens is 220 g/mol. The van der Waals surface area contributed by atoms with Crippen LogP contribution >= 0.6 is 11.6 Å². The summed E-state index contributed by atoms with van der Waals surface area (Å²) >= 11 is 5.90. The van der Waals surface area contributed by atoms with Gasteiger partial charge in [0.05, 0.1) is 0 Å². The fourth-order valence-electron chi connectivity index (χ4n) is 2.62. The first kappa shape index (κ1) is 14.3. The molecule has 0 aromatic heterocycles. The molecule has 16 heavy (non-hydrogen) atoms. The van der Waals surface area contributed by atoms with Crippen molar-refractivity contribution in [3.63, 3.8) is 0 Å². The van der Waals surface area contributed by atoms with Crippen LogP contribution < -0.4 is 0 Å². The highest BCUT2D eigenvalue weighted by molar-refractivity contribution is 6.18. The van der Waals surface area contributed by atoms with Gasteiger partial charge in [0.25, 0.3) is 0 Å². The highest BCUT2D eigenvalue weighted by Gasteiger charge is 2.19. The van der Waals surface area contributed by atoms with Crippen LogP contribution in [0.5, 0.6) is 0 Å². The lowest BCUT2D eigenvalue weighted by atomic mass is 9.94. The minimum atomic E-state index is 0.776. The summed E-state index contributed by atoms with van der Waals surface area (Å²) in [5, 5.41) is 0. The molecule has 3 heteroatoms. The van der Waals surface area contributed by atoms with Crippen molar-refractivity contribution >= 4 is 11.6 Å². The topological polar surface area (TPSA) is 6.48 Å². The first-order chi connectivity index (χ1) is 7.74. The van der Waals surface area contributed by atoms with Crippen LogP contribution in [0.25, 0.3) is 0 Å². The van der Waals surface area contributed by atoms with Crippen molar-refractivity contribution in [1.29, 1.82) is 0 Å². The second-order valence-electron chi connectivity index (χ2n) is 5.17. The monoisotopic (exact) mass is 246 g/mol. The van der Waals surface area contributed by atoms with E-state index in [0.717, 1.165) is 18.5 Å². The maximum absolute atomic E-state index is 5.90. The van der Waals surface area contributed by atoms with E-state index in [2.05, 4.69) is 23.9 Å². The second kappa shape index (κ2) is 8.32. The van der Waals surface area contributed by atoms with E-state index < -0.39 is 0 Å². The van der Waals surface area contributed by atoms with Crippen LogP contribution in [0.1, 0.15) is 38.5 Å². The lowest BCUT2D eigenvalue weighted by Crippen LogP contribution is -2.39. The minimum Gasteiger partial charge on any atom is -0.309 e. The third-order valence-electron chi connectivity index (χ3n) is 3.51. The number of alkyl halides is 1. The van der Waals surface area contributed by atoms with Crippen LogP contribution in [0, 0.1) is 0 Å². The van der Waals surface area contributed by atoms with Gasteiger partial charge in [0.15, 0.2) is 0 Å². The predicted octanol–water partition coefficient (Wildman–Crippen LogP) is 2.81. The fourth-order valence-corrected chi connectivity index (χ4v) is 2.84. The Bertz CT molecular complexity index is 167. The molecule has 0 spiro atoms. The van der Waals surface area contributed by atoms with Crippen molar-refractivity contribution < 1.29 is 0 Å². The molecule has 2 nitrogen and oxygen atoms in total. The van der Waals surface area contributed by atoms with Crippen LogP contribution in [0.2, 0.25) is 0 Å². The van der Waals surface area contributed by atoms with Crippen molar-refractivity contribution in [2.45, 2.75) is 44.6 Å². The summed E-state index contributed by atoms with van der Waals surface area (Å²) in [5.74, 6) is 0.776. The second-order valence-corrected chi connectivity index (χ2v) is 5.55. The molecule has 1 aliphatic carbocycles. The SMILES string of the molecule is CN(C)CCCN(CCCl)C1CCCCC1. The molecule has 0 heterocycles. The third-order valence-corrected chi connectivity index (χ3v) is 3.68. The summed E-state index contributed by atoms with van der Waals surface area (Å²) in [6.45, 7) is 3.47. The number of halogens is 1. The fraction of sp³-hybridized carbons (Fsp3) is 1.00. The van der Waals surface area contributed by atoms with Gasteiger partial charge in [-0.05, 0) is 46.4 Å². The van der Waals surface area contributed by atoms with Crippen LogP contribution in [0.3, 0.4) is 0 Å². The molecule has 0 aromatic carbocycles. The number of hydrogen-bond acceptors (Lipinski definition) is 2. The highest BCUT2D eigenvalue weighted by Crippen LogP contribution is 2.22. The summed E-state index contributed by atoms with van der Waals surface area (Å²) in [6.07, 6.45) is 8.30. The number of nitrogens with zero attached hydrogens (tertiary/aromatic N) is 2. The Morgan fingerprint density at radius 2 is 1.69 bits per heavy atom. The Morgan fingerprint density at radius 3 is 2.25 bits per heavy atom. The summed E-state index contributed by atoms with van der Waals surface area (Å²) in [5.41, 5.74) is 0. The van der Waals surface area contributed by atoms with Crippen molar-refractivity contribution in [2.75, 3.05) is 39.6 Å². The van der Waals surface area contributed by atoms with Gasteiger partial charge in [-0.25, -0.2) is 0 Å². The van der Waals surface area contributed by atoms with Gasteiger partial charge in [-0.3, -0.25) is 4.90 Å². The Labute approximate surface area is 106 Å². The van der Waals surface area contributed by atoms with E-state index in [-0.39, 0.29) is 0 Å². The van der Waals surface area contributed by atoms with Crippen molar-refractivity contribution in [3.8, 4) is 0 Å². The molecule has 1 fully saturated rings. The maximum atomic E-state index is 5.90. The van der Waals surface area contributed by atoms with E-state index in [1.54, 1.807) is 0 Å². The molecule has 0 unspecified atom stereocenters. The van der Waals surface area contributed by atoms with Gasteiger partial charge in [-0.15, -0.1) is 11.6 Å². The molecule has 0 radical (unpaired) electrons. The van der Waals surface area contributed by atoms with Crippen LogP contribution in [0.15, 0.2) is 0 Å². The minimum absolute atomic E-state index is 0.776. The molecule has 1 saturated carbocycles. The summed E-state index contributed by atoms with van der Waals surface area (Å²) in [6, 6.07) is 0.815. The van der Waals surface area contributed by atoms with E-state index in [4.69, 9.17) is 11.6 Å².